The molecule has 0 radical (unpaired) electrons. The van der Waals surface area contributed by atoms with Gasteiger partial charge in [-0.15, -0.1) is 0 Å². The number of nitrogens with zero attached hydrogens (tertiary/aromatic N) is 1. The van der Waals surface area contributed by atoms with Crippen molar-refractivity contribution < 1.29 is 9.59 Å². The molecule has 0 spiro atoms. The summed E-state index contributed by atoms with van der Waals surface area (Å²) in [4.78, 5) is 27.3. The maximum atomic E-state index is 13.1. The predicted octanol–water partition coefficient (Wildman–Crippen LogP) is 4.87. The van der Waals surface area contributed by atoms with Crippen LogP contribution in [0.3, 0.4) is 0 Å². The maximum Gasteiger partial charge on any atom is 0.242 e. The summed E-state index contributed by atoms with van der Waals surface area (Å²) in [5.41, 5.74) is 1.68. The lowest BCUT2D eigenvalue weighted by Gasteiger charge is -2.30. The third-order valence-electron chi connectivity index (χ3n) is 4.65. The molecule has 0 heterocycles. The summed E-state index contributed by atoms with van der Waals surface area (Å²) in [5, 5.41) is 4.13. The summed E-state index contributed by atoms with van der Waals surface area (Å²) in [6.07, 6.45) is 0.991. The van der Waals surface area contributed by atoms with Gasteiger partial charge in [-0.2, -0.15) is 0 Å². The van der Waals surface area contributed by atoms with E-state index < -0.39 is 6.04 Å². The summed E-state index contributed by atoms with van der Waals surface area (Å²) in [5.74, 6) is -0.315. The van der Waals surface area contributed by atoms with Crippen molar-refractivity contribution in [3.8, 4) is 0 Å². The molecular formula is C22H26Cl2N2O2. The van der Waals surface area contributed by atoms with Crippen LogP contribution in [-0.4, -0.2) is 28.8 Å². The Kier molecular flexibility index (Phi) is 8.34. The van der Waals surface area contributed by atoms with E-state index in [1.54, 1.807) is 36.1 Å². The van der Waals surface area contributed by atoms with Gasteiger partial charge in [0.2, 0.25) is 11.8 Å². The lowest BCUT2D eigenvalue weighted by Crippen LogP contribution is -2.49. The Bertz CT molecular complexity index is 826. The van der Waals surface area contributed by atoms with Crippen molar-refractivity contribution in [1.82, 2.24) is 10.2 Å². The van der Waals surface area contributed by atoms with Gasteiger partial charge < -0.3 is 10.2 Å². The second-order valence-electron chi connectivity index (χ2n) is 6.95. The highest BCUT2D eigenvalue weighted by Gasteiger charge is 2.26. The van der Waals surface area contributed by atoms with Crippen LogP contribution < -0.4 is 5.32 Å². The van der Waals surface area contributed by atoms with Gasteiger partial charge in [0.25, 0.3) is 0 Å². The predicted molar refractivity (Wildman–Crippen MR) is 115 cm³/mol. The topological polar surface area (TPSA) is 49.4 Å². The molecule has 2 amide bonds. The lowest BCUT2D eigenvalue weighted by atomic mass is 10.1. The molecule has 0 fully saturated rings. The van der Waals surface area contributed by atoms with Gasteiger partial charge in [0.05, 0.1) is 6.42 Å². The van der Waals surface area contributed by atoms with Gasteiger partial charge >= 0.3 is 0 Å². The largest absolute Gasteiger partial charge is 0.352 e. The average molecular weight is 421 g/mol. The molecule has 150 valence electrons. The molecular weight excluding hydrogens is 395 g/mol. The van der Waals surface area contributed by atoms with E-state index in [9.17, 15) is 9.59 Å². The molecule has 1 N–H and O–H groups in total. The van der Waals surface area contributed by atoms with Gasteiger partial charge in [0.15, 0.2) is 0 Å². The number of hydrogen-bond acceptors (Lipinski definition) is 2. The van der Waals surface area contributed by atoms with E-state index in [1.807, 2.05) is 38.1 Å². The van der Waals surface area contributed by atoms with Crippen molar-refractivity contribution in [2.24, 2.45) is 0 Å². The second kappa shape index (κ2) is 10.5. The number of halogens is 2. The van der Waals surface area contributed by atoms with Crippen molar-refractivity contribution in [3.05, 3.63) is 69.7 Å². The van der Waals surface area contributed by atoms with Crippen molar-refractivity contribution in [3.63, 3.8) is 0 Å². The van der Waals surface area contributed by atoms with Crippen LogP contribution in [0.5, 0.6) is 0 Å². The summed E-state index contributed by atoms with van der Waals surface area (Å²) in [6, 6.07) is 13.9. The molecule has 0 saturated carbocycles. The highest BCUT2D eigenvalue weighted by molar-refractivity contribution is 6.30. The molecule has 0 aromatic heterocycles. The van der Waals surface area contributed by atoms with Gasteiger partial charge in [0.1, 0.15) is 6.04 Å². The molecule has 0 saturated heterocycles. The second-order valence-corrected chi connectivity index (χ2v) is 7.82. The fraction of sp³-hybridized carbons (Fsp3) is 0.364. The van der Waals surface area contributed by atoms with Crippen LogP contribution in [0.1, 0.15) is 38.3 Å². The molecule has 2 rings (SSSR count). The smallest absolute Gasteiger partial charge is 0.242 e. The number of rotatable bonds is 8. The third-order valence-corrected chi connectivity index (χ3v) is 5.12. The minimum absolute atomic E-state index is 0.0472. The van der Waals surface area contributed by atoms with Crippen LogP contribution >= 0.6 is 23.2 Å². The number of amides is 2. The zero-order chi connectivity index (χ0) is 20.7. The molecule has 0 aliphatic carbocycles. The van der Waals surface area contributed by atoms with Crippen molar-refractivity contribution in [2.45, 2.75) is 52.2 Å². The average Bonchev–Trinajstić information content (AvgIpc) is 2.65. The summed E-state index contributed by atoms with van der Waals surface area (Å²) < 4.78 is 0. The highest BCUT2D eigenvalue weighted by Crippen LogP contribution is 2.17. The Balaban J connectivity index is 2.23. The first-order valence-electron chi connectivity index (χ1n) is 9.39. The van der Waals surface area contributed by atoms with Crippen LogP contribution in [-0.2, 0) is 22.6 Å². The van der Waals surface area contributed by atoms with Crippen LogP contribution in [0.25, 0.3) is 0 Å². The fourth-order valence-electron chi connectivity index (χ4n) is 2.80. The molecule has 0 aliphatic heterocycles. The molecule has 2 aromatic rings. The molecule has 4 nitrogen and oxygen atoms in total. The van der Waals surface area contributed by atoms with Gasteiger partial charge in [-0.1, -0.05) is 54.4 Å². The summed E-state index contributed by atoms with van der Waals surface area (Å²) in [7, 11) is 0. The van der Waals surface area contributed by atoms with Crippen LogP contribution in [0, 0.1) is 0 Å². The number of carbonyl (C=O) groups is 2. The first-order valence-corrected chi connectivity index (χ1v) is 10.1. The minimum atomic E-state index is -0.611. The molecule has 6 heteroatoms. The van der Waals surface area contributed by atoms with Gasteiger partial charge in [0, 0.05) is 22.6 Å². The molecule has 0 bridgehead atoms. The van der Waals surface area contributed by atoms with E-state index in [4.69, 9.17) is 23.2 Å². The summed E-state index contributed by atoms with van der Waals surface area (Å²) in [6.45, 7) is 6.00. The van der Waals surface area contributed by atoms with Crippen LogP contribution in [0.2, 0.25) is 10.0 Å². The zero-order valence-electron chi connectivity index (χ0n) is 16.4. The van der Waals surface area contributed by atoms with E-state index in [0.717, 1.165) is 17.5 Å². The Morgan fingerprint density at radius 2 is 1.57 bits per heavy atom. The summed E-state index contributed by atoms with van der Waals surface area (Å²) >= 11 is 12.1. The molecule has 2 aromatic carbocycles. The quantitative estimate of drug-likeness (QED) is 0.661. The van der Waals surface area contributed by atoms with Gasteiger partial charge in [-0.3, -0.25) is 9.59 Å². The monoisotopic (exact) mass is 420 g/mol. The van der Waals surface area contributed by atoms with E-state index in [2.05, 4.69) is 5.32 Å². The number of carbonyl (C=O) groups excluding carboxylic acids is 2. The minimum Gasteiger partial charge on any atom is -0.352 e. The van der Waals surface area contributed by atoms with Crippen molar-refractivity contribution in [1.29, 1.82) is 0 Å². The highest BCUT2D eigenvalue weighted by atomic mass is 35.5. The van der Waals surface area contributed by atoms with Gasteiger partial charge in [-0.25, -0.2) is 0 Å². The zero-order valence-corrected chi connectivity index (χ0v) is 17.9. The lowest BCUT2D eigenvalue weighted by molar-refractivity contribution is -0.140. The fourth-order valence-corrected chi connectivity index (χ4v) is 3.23. The van der Waals surface area contributed by atoms with Crippen LogP contribution in [0.15, 0.2) is 48.5 Å². The van der Waals surface area contributed by atoms with E-state index >= 15 is 0 Å². The Morgan fingerprint density at radius 1 is 1.00 bits per heavy atom. The standard InChI is InChI=1S/C22H26Cl2N2O2/c1-4-15(2)25-22(28)16(3)26(14-18-8-6-10-20(24)12-18)21(27)13-17-7-5-9-19(23)11-17/h5-12,15-16H,4,13-14H2,1-3H3,(H,25,28)/t15-,16+/m1/s1. The van der Waals surface area contributed by atoms with Gasteiger partial charge in [-0.05, 0) is 55.7 Å². The molecule has 28 heavy (non-hydrogen) atoms. The van der Waals surface area contributed by atoms with E-state index in [0.29, 0.717) is 16.6 Å². The van der Waals surface area contributed by atoms with E-state index in [1.165, 1.54) is 0 Å². The van der Waals surface area contributed by atoms with E-state index in [-0.39, 0.29) is 24.3 Å². The first kappa shape index (κ1) is 22.3. The third kappa shape index (κ3) is 6.54. The molecule has 2 atom stereocenters. The van der Waals surface area contributed by atoms with Crippen LogP contribution in [0.4, 0.5) is 0 Å². The van der Waals surface area contributed by atoms with Crippen molar-refractivity contribution in [2.75, 3.05) is 0 Å². The molecule has 0 unspecified atom stereocenters. The molecule has 0 aliphatic rings. The first-order chi connectivity index (χ1) is 13.3. The Labute approximate surface area is 176 Å². The SMILES string of the molecule is CC[C@@H](C)NC(=O)[C@H](C)N(Cc1cccc(Cl)c1)C(=O)Cc1cccc(Cl)c1. The van der Waals surface area contributed by atoms with Crippen molar-refractivity contribution >= 4 is 35.0 Å². The maximum absolute atomic E-state index is 13.1. The Morgan fingerprint density at radius 3 is 2.14 bits per heavy atom. The Hall–Kier alpha value is -2.04. The normalized spacial score (nSPS) is 12.9. The number of hydrogen-bond donors (Lipinski definition) is 1. The number of nitrogens with one attached hydrogen (secondary N) is 1. The number of benzene rings is 2.